The van der Waals surface area contributed by atoms with E-state index in [0.717, 1.165) is 27.7 Å². The molecule has 3 N–H and O–H groups in total. The first-order valence-corrected chi connectivity index (χ1v) is 8.51. The van der Waals surface area contributed by atoms with Crippen LogP contribution in [0, 0.1) is 6.92 Å². The number of aryl methyl sites for hydroxylation is 2. The highest BCUT2D eigenvalue weighted by Gasteiger charge is 2.09. The van der Waals surface area contributed by atoms with Gasteiger partial charge in [0.1, 0.15) is 0 Å². The maximum atomic E-state index is 12.3. The Bertz CT molecular complexity index is 1000. The lowest BCUT2D eigenvalue weighted by Gasteiger charge is -2.03. The predicted molar refractivity (Wildman–Crippen MR) is 104 cm³/mol. The number of nitrogens with one attached hydrogen (secondary N) is 1. The van der Waals surface area contributed by atoms with Gasteiger partial charge in [-0.25, -0.2) is 14.6 Å². The Morgan fingerprint density at radius 3 is 2.21 bits per heavy atom. The Balaban J connectivity index is 0.000000300. The Kier molecular flexibility index (Phi) is 7.21. The molecule has 0 atom stereocenters. The van der Waals surface area contributed by atoms with Gasteiger partial charge in [0.2, 0.25) is 0 Å². The van der Waals surface area contributed by atoms with Crippen molar-refractivity contribution < 1.29 is 24.6 Å². The number of carboxylic acid groups (broad SMARTS) is 2. The molecule has 1 heterocycles. The van der Waals surface area contributed by atoms with E-state index in [4.69, 9.17) is 10.2 Å². The molecule has 28 heavy (non-hydrogen) atoms. The molecule has 0 radical (unpaired) electrons. The maximum Gasteiger partial charge on any atom is 0.328 e. The van der Waals surface area contributed by atoms with Crippen LogP contribution in [0.1, 0.15) is 28.2 Å². The van der Waals surface area contributed by atoms with Gasteiger partial charge in [-0.1, -0.05) is 36.4 Å². The molecule has 7 heteroatoms. The van der Waals surface area contributed by atoms with Gasteiger partial charge in [0.25, 0.3) is 0 Å². The Labute approximate surface area is 161 Å². The largest absolute Gasteiger partial charge is 0.478 e. The van der Waals surface area contributed by atoms with Gasteiger partial charge in [0.05, 0.1) is 12.0 Å². The van der Waals surface area contributed by atoms with E-state index in [1.54, 1.807) is 6.33 Å². The number of imidazole rings is 1. The van der Waals surface area contributed by atoms with Crippen molar-refractivity contribution in [2.24, 2.45) is 0 Å². The number of aromatic amines is 1. The molecular formula is C21H20N2O5. The van der Waals surface area contributed by atoms with Crippen LogP contribution in [0.2, 0.25) is 0 Å². The molecule has 0 aliphatic heterocycles. The van der Waals surface area contributed by atoms with Crippen molar-refractivity contribution in [3.8, 4) is 0 Å². The lowest BCUT2D eigenvalue weighted by molar-refractivity contribution is -0.134. The average Bonchev–Trinajstić information content (AvgIpc) is 3.09. The summed E-state index contributed by atoms with van der Waals surface area (Å²) in [5.74, 6) is -2.35. The molecule has 3 aromatic rings. The summed E-state index contributed by atoms with van der Waals surface area (Å²) in [6.45, 7) is 1.98. The Hall–Kier alpha value is -3.74. The molecular weight excluding hydrogens is 360 g/mol. The standard InChI is InChI=1S/C17H16N2O.C4H4O4/c1-12-16(19-11-18-12)8-9-17(20)15-7-6-13-4-2-3-5-14(13)10-15;5-3(6)1-2-4(7)8/h2-7,10-11H,8-9H2,1H3,(H,18,19);1-2H,(H,5,6)(H,7,8). The topological polar surface area (TPSA) is 120 Å². The number of Topliss-reactive ketones (excluding diaryl/α,β-unsaturated/α-hetero) is 1. The predicted octanol–water partition coefficient (Wildman–Crippen LogP) is 3.40. The number of carbonyl (C=O) groups excluding carboxylic acids is 1. The molecule has 7 nitrogen and oxygen atoms in total. The lowest BCUT2D eigenvalue weighted by atomic mass is 10.0. The quantitative estimate of drug-likeness (QED) is 0.445. The molecule has 0 aliphatic rings. The molecule has 0 bridgehead atoms. The summed E-state index contributed by atoms with van der Waals surface area (Å²) in [4.78, 5) is 38.6. The van der Waals surface area contributed by atoms with Crippen molar-refractivity contribution in [3.63, 3.8) is 0 Å². The minimum absolute atomic E-state index is 0.165. The van der Waals surface area contributed by atoms with Gasteiger partial charge in [-0.05, 0) is 30.2 Å². The summed E-state index contributed by atoms with van der Waals surface area (Å²) in [7, 11) is 0. The summed E-state index contributed by atoms with van der Waals surface area (Å²) >= 11 is 0. The fourth-order valence-corrected chi connectivity index (χ4v) is 2.52. The first-order chi connectivity index (χ1) is 13.4. The highest BCUT2D eigenvalue weighted by molar-refractivity contribution is 6.00. The minimum Gasteiger partial charge on any atom is -0.478 e. The van der Waals surface area contributed by atoms with Crippen LogP contribution >= 0.6 is 0 Å². The number of nitrogens with zero attached hydrogens (tertiary/aromatic N) is 1. The molecule has 0 saturated heterocycles. The van der Waals surface area contributed by atoms with Crippen LogP contribution in [0.5, 0.6) is 0 Å². The Morgan fingerprint density at radius 1 is 1.00 bits per heavy atom. The molecule has 2 aromatic carbocycles. The van der Waals surface area contributed by atoms with Crippen molar-refractivity contribution >= 4 is 28.5 Å². The number of H-pyrrole nitrogens is 1. The number of fused-ring (bicyclic) bond motifs is 1. The third kappa shape index (κ3) is 6.21. The second-order valence-corrected chi connectivity index (χ2v) is 5.97. The molecule has 3 rings (SSSR count). The van der Waals surface area contributed by atoms with Gasteiger partial charge in [-0.3, -0.25) is 4.79 Å². The fraction of sp³-hybridized carbons (Fsp3) is 0.143. The molecule has 0 spiro atoms. The number of rotatable bonds is 6. The van der Waals surface area contributed by atoms with Crippen molar-refractivity contribution in [2.75, 3.05) is 0 Å². The third-order valence-corrected chi connectivity index (χ3v) is 3.96. The van der Waals surface area contributed by atoms with Crippen molar-refractivity contribution in [1.29, 1.82) is 0 Å². The van der Waals surface area contributed by atoms with Crippen LogP contribution in [0.25, 0.3) is 10.8 Å². The molecule has 1 aromatic heterocycles. The molecule has 0 fully saturated rings. The molecule has 0 unspecified atom stereocenters. The summed E-state index contributed by atoms with van der Waals surface area (Å²) in [6, 6.07) is 14.0. The number of ketones is 1. The number of benzene rings is 2. The molecule has 144 valence electrons. The van der Waals surface area contributed by atoms with E-state index in [2.05, 4.69) is 16.0 Å². The molecule has 0 saturated carbocycles. The van der Waals surface area contributed by atoms with Crippen LogP contribution in [0.4, 0.5) is 0 Å². The van der Waals surface area contributed by atoms with Crippen LogP contribution in [0.15, 0.2) is 60.9 Å². The van der Waals surface area contributed by atoms with Crippen LogP contribution in [0.3, 0.4) is 0 Å². The normalized spacial score (nSPS) is 10.5. The summed E-state index contributed by atoms with van der Waals surface area (Å²) in [5.41, 5.74) is 2.78. The van der Waals surface area contributed by atoms with Crippen LogP contribution in [-0.4, -0.2) is 37.9 Å². The van der Waals surface area contributed by atoms with E-state index in [9.17, 15) is 14.4 Å². The lowest BCUT2D eigenvalue weighted by Crippen LogP contribution is -2.02. The van der Waals surface area contributed by atoms with Gasteiger partial charge < -0.3 is 15.2 Å². The van der Waals surface area contributed by atoms with Crippen molar-refractivity contribution in [1.82, 2.24) is 9.97 Å². The first kappa shape index (κ1) is 20.6. The van der Waals surface area contributed by atoms with E-state index in [1.807, 2.05) is 43.3 Å². The zero-order chi connectivity index (χ0) is 20.5. The second kappa shape index (κ2) is 9.82. The van der Waals surface area contributed by atoms with Crippen molar-refractivity contribution in [2.45, 2.75) is 19.8 Å². The van der Waals surface area contributed by atoms with Crippen LogP contribution < -0.4 is 0 Å². The zero-order valence-corrected chi connectivity index (χ0v) is 15.3. The molecule has 0 amide bonds. The van der Waals surface area contributed by atoms with E-state index in [1.165, 1.54) is 0 Å². The fourth-order valence-electron chi connectivity index (χ4n) is 2.52. The van der Waals surface area contributed by atoms with Gasteiger partial charge in [-0.15, -0.1) is 0 Å². The number of carboxylic acids is 2. The third-order valence-electron chi connectivity index (χ3n) is 3.96. The van der Waals surface area contributed by atoms with Crippen molar-refractivity contribution in [3.05, 3.63) is 77.9 Å². The van der Waals surface area contributed by atoms with E-state index >= 15 is 0 Å². The minimum atomic E-state index is -1.26. The maximum absolute atomic E-state index is 12.3. The highest BCUT2D eigenvalue weighted by atomic mass is 16.4. The summed E-state index contributed by atoms with van der Waals surface area (Å²) in [5, 5.41) is 17.9. The van der Waals surface area contributed by atoms with Gasteiger partial charge in [0.15, 0.2) is 5.78 Å². The number of hydrogen-bond donors (Lipinski definition) is 3. The van der Waals surface area contributed by atoms with E-state index < -0.39 is 11.9 Å². The SMILES string of the molecule is Cc1[nH]cnc1CCC(=O)c1ccc2ccccc2c1.O=C(O)C=CC(=O)O. The summed E-state index contributed by atoms with van der Waals surface area (Å²) < 4.78 is 0. The van der Waals surface area contributed by atoms with Gasteiger partial charge in [0, 0.05) is 29.8 Å². The van der Waals surface area contributed by atoms with Crippen LogP contribution in [-0.2, 0) is 16.0 Å². The number of aromatic nitrogens is 2. The highest BCUT2D eigenvalue weighted by Crippen LogP contribution is 2.17. The zero-order valence-electron chi connectivity index (χ0n) is 15.3. The second-order valence-electron chi connectivity index (χ2n) is 5.97. The number of hydrogen-bond acceptors (Lipinski definition) is 4. The summed E-state index contributed by atoms with van der Waals surface area (Å²) in [6.07, 6.45) is 3.96. The van der Waals surface area contributed by atoms with Gasteiger partial charge in [-0.2, -0.15) is 0 Å². The van der Waals surface area contributed by atoms with Gasteiger partial charge >= 0.3 is 11.9 Å². The average molecular weight is 380 g/mol. The molecule has 0 aliphatic carbocycles. The number of aliphatic carboxylic acids is 2. The Morgan fingerprint density at radius 2 is 1.64 bits per heavy atom. The number of carbonyl (C=O) groups is 3. The monoisotopic (exact) mass is 380 g/mol. The van der Waals surface area contributed by atoms with E-state index in [0.29, 0.717) is 25.0 Å². The van der Waals surface area contributed by atoms with E-state index in [-0.39, 0.29) is 5.78 Å². The first-order valence-electron chi connectivity index (χ1n) is 8.51. The smallest absolute Gasteiger partial charge is 0.328 e.